The molecular weight excluding hydrogens is 220 g/mol. The third kappa shape index (κ3) is 4.86. The van der Waals surface area contributed by atoms with Gasteiger partial charge in [-0.3, -0.25) is 9.59 Å². The second-order valence-electron chi connectivity index (χ2n) is 4.74. The van der Waals surface area contributed by atoms with Crippen LogP contribution in [0.1, 0.15) is 51.4 Å². The number of aliphatic hydroxyl groups is 1. The second kappa shape index (κ2) is 7.43. The fraction of sp³-hybridized carbons (Fsp3) is 0.846. The van der Waals surface area contributed by atoms with Crippen molar-refractivity contribution in [2.75, 3.05) is 7.11 Å². The molecular formula is C13H22O4. The van der Waals surface area contributed by atoms with Gasteiger partial charge in [0.05, 0.1) is 7.11 Å². The third-order valence-corrected chi connectivity index (χ3v) is 3.47. The normalized spacial score (nSPS) is 24.0. The van der Waals surface area contributed by atoms with Crippen molar-refractivity contribution in [3.8, 4) is 0 Å². The van der Waals surface area contributed by atoms with Crippen LogP contribution in [0.3, 0.4) is 0 Å². The number of aliphatic hydroxyl groups excluding tert-OH is 1. The van der Waals surface area contributed by atoms with Crippen molar-refractivity contribution in [3.05, 3.63) is 0 Å². The average molecular weight is 242 g/mol. The van der Waals surface area contributed by atoms with Crippen LogP contribution < -0.4 is 0 Å². The SMILES string of the molecule is COC(=O)CCCCCCC1CCC(=O)C1O. The molecule has 4 nitrogen and oxygen atoms in total. The molecule has 0 aromatic carbocycles. The quantitative estimate of drug-likeness (QED) is 0.546. The number of unbranched alkanes of at least 4 members (excludes halogenated alkanes) is 3. The molecule has 0 aromatic heterocycles. The monoisotopic (exact) mass is 242 g/mol. The van der Waals surface area contributed by atoms with Crippen LogP contribution in [0.5, 0.6) is 0 Å². The molecule has 1 aliphatic rings. The molecule has 2 atom stereocenters. The Bertz CT molecular complexity index is 262. The van der Waals surface area contributed by atoms with Crippen molar-refractivity contribution < 1.29 is 19.4 Å². The van der Waals surface area contributed by atoms with Crippen LogP contribution in [-0.4, -0.2) is 30.1 Å². The van der Waals surface area contributed by atoms with E-state index in [0.717, 1.165) is 38.5 Å². The molecule has 1 aliphatic carbocycles. The summed E-state index contributed by atoms with van der Waals surface area (Å²) in [6.45, 7) is 0. The molecule has 1 saturated carbocycles. The Morgan fingerprint density at radius 1 is 1.35 bits per heavy atom. The lowest BCUT2D eigenvalue weighted by molar-refractivity contribution is -0.140. The molecule has 1 fully saturated rings. The molecule has 98 valence electrons. The molecule has 2 unspecified atom stereocenters. The molecule has 0 radical (unpaired) electrons. The first-order valence-electron chi connectivity index (χ1n) is 6.42. The number of carbonyl (C=O) groups is 2. The van der Waals surface area contributed by atoms with Crippen LogP contribution in [0.25, 0.3) is 0 Å². The van der Waals surface area contributed by atoms with E-state index in [2.05, 4.69) is 4.74 Å². The molecule has 4 heteroatoms. The first-order valence-corrected chi connectivity index (χ1v) is 6.42. The third-order valence-electron chi connectivity index (χ3n) is 3.47. The molecule has 17 heavy (non-hydrogen) atoms. The van der Waals surface area contributed by atoms with Gasteiger partial charge in [-0.1, -0.05) is 19.3 Å². The minimum Gasteiger partial charge on any atom is -0.469 e. The number of methoxy groups -OCH3 is 1. The Morgan fingerprint density at radius 2 is 2.06 bits per heavy atom. The summed E-state index contributed by atoms with van der Waals surface area (Å²) in [7, 11) is 1.40. The molecule has 0 aromatic rings. The Hall–Kier alpha value is -0.900. The van der Waals surface area contributed by atoms with E-state index in [0.29, 0.717) is 12.8 Å². The minimum absolute atomic E-state index is 0.000640. The van der Waals surface area contributed by atoms with E-state index in [1.807, 2.05) is 0 Å². The summed E-state index contributed by atoms with van der Waals surface area (Å²) in [5.74, 6) is 0.0191. The second-order valence-corrected chi connectivity index (χ2v) is 4.74. The molecule has 0 heterocycles. The van der Waals surface area contributed by atoms with E-state index in [4.69, 9.17) is 0 Å². The number of ether oxygens (including phenoxy) is 1. The van der Waals surface area contributed by atoms with Crippen molar-refractivity contribution in [1.82, 2.24) is 0 Å². The summed E-state index contributed by atoms with van der Waals surface area (Å²) in [5.41, 5.74) is 0. The zero-order chi connectivity index (χ0) is 12.7. The van der Waals surface area contributed by atoms with Gasteiger partial charge in [-0.05, 0) is 25.2 Å². The highest BCUT2D eigenvalue weighted by Gasteiger charge is 2.31. The Morgan fingerprint density at radius 3 is 2.65 bits per heavy atom. The number of Topliss-reactive ketones (excluding diaryl/α,β-unsaturated/α-hetero) is 1. The summed E-state index contributed by atoms with van der Waals surface area (Å²) in [5, 5.41) is 9.55. The van der Waals surface area contributed by atoms with Crippen molar-refractivity contribution in [2.24, 2.45) is 5.92 Å². The van der Waals surface area contributed by atoms with Crippen molar-refractivity contribution in [3.63, 3.8) is 0 Å². The highest BCUT2D eigenvalue weighted by Crippen LogP contribution is 2.27. The van der Waals surface area contributed by atoms with Gasteiger partial charge in [0, 0.05) is 12.8 Å². The molecule has 1 N–H and O–H groups in total. The molecule has 0 saturated heterocycles. The number of carbonyl (C=O) groups excluding carboxylic acids is 2. The molecule has 1 rings (SSSR count). The number of ketones is 1. The van der Waals surface area contributed by atoms with E-state index in [1.165, 1.54) is 7.11 Å². The smallest absolute Gasteiger partial charge is 0.305 e. The summed E-state index contributed by atoms with van der Waals surface area (Å²) in [4.78, 5) is 22.0. The summed E-state index contributed by atoms with van der Waals surface area (Å²) >= 11 is 0. The average Bonchev–Trinajstić information content (AvgIpc) is 2.64. The number of esters is 1. The van der Waals surface area contributed by atoms with Gasteiger partial charge in [0.1, 0.15) is 6.10 Å². The Labute approximate surface area is 102 Å². The van der Waals surface area contributed by atoms with Gasteiger partial charge in [0.15, 0.2) is 5.78 Å². The van der Waals surface area contributed by atoms with Gasteiger partial charge in [0.2, 0.25) is 0 Å². The van der Waals surface area contributed by atoms with Crippen LogP contribution in [-0.2, 0) is 14.3 Å². The zero-order valence-electron chi connectivity index (χ0n) is 10.5. The Balaban J connectivity index is 1.98. The van der Waals surface area contributed by atoms with E-state index < -0.39 is 6.10 Å². The van der Waals surface area contributed by atoms with Gasteiger partial charge >= 0.3 is 5.97 Å². The van der Waals surface area contributed by atoms with Gasteiger partial charge in [-0.2, -0.15) is 0 Å². The van der Waals surface area contributed by atoms with Gasteiger partial charge in [0.25, 0.3) is 0 Å². The molecule has 0 aliphatic heterocycles. The maximum atomic E-state index is 11.1. The van der Waals surface area contributed by atoms with E-state index >= 15 is 0 Å². The predicted octanol–water partition coefficient (Wildman–Crippen LogP) is 1.84. The highest BCUT2D eigenvalue weighted by molar-refractivity contribution is 5.85. The first kappa shape index (κ1) is 14.2. The highest BCUT2D eigenvalue weighted by atomic mass is 16.5. The lowest BCUT2D eigenvalue weighted by Gasteiger charge is -2.12. The number of hydrogen-bond acceptors (Lipinski definition) is 4. The Kier molecular flexibility index (Phi) is 6.19. The molecule has 0 amide bonds. The zero-order valence-corrected chi connectivity index (χ0v) is 10.5. The maximum absolute atomic E-state index is 11.1. The minimum atomic E-state index is -0.718. The lowest BCUT2D eigenvalue weighted by Crippen LogP contribution is -2.20. The van der Waals surface area contributed by atoms with Gasteiger partial charge in [-0.15, -0.1) is 0 Å². The van der Waals surface area contributed by atoms with E-state index in [-0.39, 0.29) is 17.7 Å². The number of rotatable bonds is 7. The maximum Gasteiger partial charge on any atom is 0.305 e. The van der Waals surface area contributed by atoms with Crippen LogP contribution in [0.2, 0.25) is 0 Å². The topological polar surface area (TPSA) is 63.6 Å². The van der Waals surface area contributed by atoms with Gasteiger partial charge < -0.3 is 9.84 Å². The van der Waals surface area contributed by atoms with Crippen LogP contribution in [0, 0.1) is 5.92 Å². The van der Waals surface area contributed by atoms with E-state index in [9.17, 15) is 14.7 Å². The predicted molar refractivity (Wildman–Crippen MR) is 63.5 cm³/mol. The molecule has 0 bridgehead atoms. The summed E-state index contributed by atoms with van der Waals surface area (Å²) in [6, 6.07) is 0. The van der Waals surface area contributed by atoms with Crippen molar-refractivity contribution >= 4 is 11.8 Å². The largest absolute Gasteiger partial charge is 0.469 e. The number of hydrogen-bond donors (Lipinski definition) is 1. The van der Waals surface area contributed by atoms with Crippen molar-refractivity contribution in [1.29, 1.82) is 0 Å². The van der Waals surface area contributed by atoms with Gasteiger partial charge in [-0.25, -0.2) is 0 Å². The van der Waals surface area contributed by atoms with E-state index in [1.54, 1.807) is 0 Å². The first-order chi connectivity index (χ1) is 8.15. The van der Waals surface area contributed by atoms with Crippen molar-refractivity contribution in [2.45, 2.75) is 57.5 Å². The van der Waals surface area contributed by atoms with Crippen LogP contribution in [0.15, 0.2) is 0 Å². The fourth-order valence-electron chi connectivity index (χ4n) is 2.33. The summed E-state index contributed by atoms with van der Waals surface area (Å²) < 4.78 is 4.55. The fourth-order valence-corrected chi connectivity index (χ4v) is 2.33. The van der Waals surface area contributed by atoms with Crippen LogP contribution in [0.4, 0.5) is 0 Å². The molecule has 0 spiro atoms. The summed E-state index contributed by atoms with van der Waals surface area (Å²) in [6.07, 6.45) is 6.00. The lowest BCUT2D eigenvalue weighted by atomic mass is 9.97. The standard InChI is InChI=1S/C13H22O4/c1-17-12(15)7-5-3-2-4-6-10-8-9-11(14)13(10)16/h10,13,16H,2-9H2,1H3. The van der Waals surface area contributed by atoms with Crippen LogP contribution >= 0.6 is 0 Å².